The van der Waals surface area contributed by atoms with Crippen LogP contribution in [0.15, 0.2) is 65.5 Å². The average molecular weight is 418 g/mol. The summed E-state index contributed by atoms with van der Waals surface area (Å²) in [6.45, 7) is 2.44. The van der Waals surface area contributed by atoms with Gasteiger partial charge in [0.05, 0.1) is 5.39 Å². The van der Waals surface area contributed by atoms with Gasteiger partial charge in [0.25, 0.3) is 5.56 Å². The fourth-order valence-corrected chi connectivity index (χ4v) is 4.80. The highest BCUT2D eigenvalue weighted by Gasteiger charge is 2.20. The van der Waals surface area contributed by atoms with Gasteiger partial charge in [0.1, 0.15) is 10.7 Å². The van der Waals surface area contributed by atoms with E-state index in [2.05, 4.69) is 0 Å². The largest absolute Gasteiger partial charge is 0.370 e. The van der Waals surface area contributed by atoms with Crippen LogP contribution in [0.25, 0.3) is 21.3 Å². The number of aromatic nitrogens is 2. The lowest BCUT2D eigenvalue weighted by Crippen LogP contribution is -2.26. The van der Waals surface area contributed by atoms with Crippen LogP contribution in [0.4, 0.5) is 0 Å². The molecule has 30 heavy (non-hydrogen) atoms. The van der Waals surface area contributed by atoms with Gasteiger partial charge in [-0.3, -0.25) is 14.2 Å². The maximum absolute atomic E-state index is 13.6. The third kappa shape index (κ3) is 4.04. The molecule has 0 unspecified atom stereocenters. The molecule has 4 rings (SSSR count). The first-order valence-electron chi connectivity index (χ1n) is 9.95. The van der Waals surface area contributed by atoms with Crippen molar-refractivity contribution in [3.05, 3.63) is 87.3 Å². The molecule has 152 valence electrons. The van der Waals surface area contributed by atoms with E-state index in [1.807, 2.05) is 67.6 Å². The third-order valence-electron chi connectivity index (χ3n) is 5.14. The molecule has 0 aliphatic heterocycles. The molecule has 0 saturated heterocycles. The molecule has 5 nitrogen and oxygen atoms in total. The fourth-order valence-electron chi connectivity index (χ4n) is 3.74. The van der Waals surface area contributed by atoms with Crippen molar-refractivity contribution in [2.24, 2.45) is 5.73 Å². The number of hydrogen-bond acceptors (Lipinski definition) is 4. The van der Waals surface area contributed by atoms with Gasteiger partial charge in [0.2, 0.25) is 5.91 Å². The highest BCUT2D eigenvalue weighted by atomic mass is 32.1. The number of thiophene rings is 1. The zero-order valence-electron chi connectivity index (χ0n) is 16.8. The first-order chi connectivity index (χ1) is 14.5. The molecule has 2 N–H and O–H groups in total. The van der Waals surface area contributed by atoms with Gasteiger partial charge in [-0.05, 0) is 24.5 Å². The van der Waals surface area contributed by atoms with E-state index in [1.54, 1.807) is 15.9 Å². The summed E-state index contributed by atoms with van der Waals surface area (Å²) in [5.74, 6) is 0.349. The molecular weight excluding hydrogens is 394 g/mol. The highest BCUT2D eigenvalue weighted by Crippen LogP contribution is 2.35. The molecule has 0 spiro atoms. The lowest BCUT2D eigenvalue weighted by Gasteiger charge is -2.13. The van der Waals surface area contributed by atoms with E-state index in [1.165, 1.54) is 0 Å². The number of primary amides is 1. The normalized spacial score (nSPS) is 11.1. The zero-order valence-corrected chi connectivity index (χ0v) is 17.6. The predicted molar refractivity (Wildman–Crippen MR) is 122 cm³/mol. The van der Waals surface area contributed by atoms with Crippen LogP contribution in [0.1, 0.15) is 29.1 Å². The number of aryl methyl sites for hydroxylation is 1. The van der Waals surface area contributed by atoms with Crippen molar-refractivity contribution in [1.29, 1.82) is 0 Å². The number of benzene rings is 2. The Morgan fingerprint density at radius 2 is 1.73 bits per heavy atom. The second-order valence-electron chi connectivity index (χ2n) is 7.30. The van der Waals surface area contributed by atoms with Crippen LogP contribution in [0.5, 0.6) is 0 Å². The number of amides is 1. The van der Waals surface area contributed by atoms with Crippen molar-refractivity contribution in [3.63, 3.8) is 0 Å². The van der Waals surface area contributed by atoms with Gasteiger partial charge in [-0.25, -0.2) is 4.98 Å². The molecule has 6 heteroatoms. The molecule has 2 heterocycles. The summed E-state index contributed by atoms with van der Waals surface area (Å²) in [7, 11) is 0. The van der Waals surface area contributed by atoms with Crippen molar-refractivity contribution in [2.75, 3.05) is 0 Å². The minimum absolute atomic E-state index is 0.0568. The number of nitrogens with two attached hydrogens (primary N) is 1. The zero-order chi connectivity index (χ0) is 21.1. The lowest BCUT2D eigenvalue weighted by molar-refractivity contribution is -0.118. The van der Waals surface area contributed by atoms with Crippen LogP contribution in [0, 0.1) is 6.92 Å². The molecule has 0 fully saturated rings. The fraction of sp³-hybridized carbons (Fsp3) is 0.208. The standard InChI is InChI=1S/C24H23N3O2S/c1-16-21(18-11-6-3-7-12-18)22-23(30-16)26-20(15-17-9-4-2-5-10-17)27(24(22)29)14-8-13-19(25)28/h2-7,9-12H,8,13-15H2,1H3,(H2,25,28). The number of hydrogen-bond donors (Lipinski definition) is 1. The van der Waals surface area contributed by atoms with E-state index in [0.717, 1.165) is 26.4 Å². The Labute approximate surface area is 178 Å². The van der Waals surface area contributed by atoms with Gasteiger partial charge >= 0.3 is 0 Å². The van der Waals surface area contributed by atoms with E-state index in [0.29, 0.717) is 30.6 Å². The first-order valence-corrected chi connectivity index (χ1v) is 10.8. The molecule has 2 aromatic carbocycles. The van der Waals surface area contributed by atoms with Crippen molar-refractivity contribution < 1.29 is 4.79 Å². The van der Waals surface area contributed by atoms with E-state index in [-0.39, 0.29) is 17.9 Å². The Bertz CT molecular complexity index is 1240. The molecule has 4 aromatic rings. The van der Waals surface area contributed by atoms with Gasteiger partial charge < -0.3 is 5.73 Å². The summed E-state index contributed by atoms with van der Waals surface area (Å²) >= 11 is 1.55. The molecule has 1 amide bonds. The molecule has 0 aliphatic carbocycles. The summed E-state index contributed by atoms with van der Waals surface area (Å²) in [6.07, 6.45) is 1.30. The van der Waals surface area contributed by atoms with Crippen LogP contribution in [0.2, 0.25) is 0 Å². The Morgan fingerprint density at radius 1 is 1.07 bits per heavy atom. The minimum Gasteiger partial charge on any atom is -0.370 e. The van der Waals surface area contributed by atoms with E-state index in [9.17, 15) is 9.59 Å². The quantitative estimate of drug-likeness (QED) is 0.487. The first kappa shape index (κ1) is 20.0. The molecule has 0 saturated carbocycles. The minimum atomic E-state index is -0.363. The Hall–Kier alpha value is -3.25. The topological polar surface area (TPSA) is 78.0 Å². The van der Waals surface area contributed by atoms with Crippen molar-refractivity contribution in [2.45, 2.75) is 32.7 Å². The summed E-state index contributed by atoms with van der Waals surface area (Å²) in [4.78, 5) is 31.6. The van der Waals surface area contributed by atoms with Crippen LogP contribution in [-0.2, 0) is 17.8 Å². The van der Waals surface area contributed by atoms with Gasteiger partial charge in [0.15, 0.2) is 0 Å². The van der Waals surface area contributed by atoms with Gasteiger partial charge in [0, 0.05) is 29.8 Å². The number of rotatable bonds is 7. The summed E-state index contributed by atoms with van der Waals surface area (Å²) in [6, 6.07) is 19.9. The van der Waals surface area contributed by atoms with Crippen molar-refractivity contribution >= 4 is 27.5 Å². The summed E-state index contributed by atoms with van der Waals surface area (Å²) < 4.78 is 1.72. The Balaban J connectivity index is 1.88. The molecular formula is C24H23N3O2S. The second kappa shape index (κ2) is 8.63. The molecule has 0 atom stereocenters. The predicted octanol–water partition coefficient (Wildman–Crippen LogP) is 4.29. The number of fused-ring (bicyclic) bond motifs is 1. The van der Waals surface area contributed by atoms with E-state index in [4.69, 9.17) is 10.7 Å². The SMILES string of the molecule is Cc1sc2nc(Cc3ccccc3)n(CCCC(N)=O)c(=O)c2c1-c1ccccc1. The van der Waals surface area contributed by atoms with Gasteiger partial charge in [-0.2, -0.15) is 0 Å². The van der Waals surface area contributed by atoms with Crippen LogP contribution in [0.3, 0.4) is 0 Å². The van der Waals surface area contributed by atoms with Crippen molar-refractivity contribution in [3.8, 4) is 11.1 Å². The number of nitrogens with zero attached hydrogens (tertiary/aromatic N) is 2. The van der Waals surface area contributed by atoms with Gasteiger partial charge in [-0.15, -0.1) is 11.3 Å². The van der Waals surface area contributed by atoms with Gasteiger partial charge in [-0.1, -0.05) is 60.7 Å². The maximum Gasteiger partial charge on any atom is 0.262 e. The lowest BCUT2D eigenvalue weighted by atomic mass is 10.0. The Kier molecular flexibility index (Phi) is 5.77. The maximum atomic E-state index is 13.6. The smallest absolute Gasteiger partial charge is 0.262 e. The Morgan fingerprint density at radius 3 is 2.40 bits per heavy atom. The molecule has 0 bridgehead atoms. The van der Waals surface area contributed by atoms with E-state index < -0.39 is 0 Å². The summed E-state index contributed by atoms with van der Waals surface area (Å²) in [5.41, 5.74) is 8.30. The second-order valence-corrected chi connectivity index (χ2v) is 8.50. The van der Waals surface area contributed by atoms with Crippen LogP contribution >= 0.6 is 11.3 Å². The molecule has 0 aliphatic rings. The van der Waals surface area contributed by atoms with Crippen molar-refractivity contribution in [1.82, 2.24) is 9.55 Å². The number of carbonyl (C=O) groups excluding carboxylic acids is 1. The highest BCUT2D eigenvalue weighted by molar-refractivity contribution is 7.19. The van der Waals surface area contributed by atoms with Crippen LogP contribution < -0.4 is 11.3 Å². The van der Waals surface area contributed by atoms with E-state index >= 15 is 0 Å². The van der Waals surface area contributed by atoms with Crippen LogP contribution in [-0.4, -0.2) is 15.5 Å². The third-order valence-corrected chi connectivity index (χ3v) is 6.14. The summed E-state index contributed by atoms with van der Waals surface area (Å²) in [5, 5.41) is 0.652. The average Bonchev–Trinajstić information content (AvgIpc) is 3.07. The molecule has 2 aromatic heterocycles. The monoisotopic (exact) mass is 417 g/mol. The molecule has 0 radical (unpaired) electrons. The number of carbonyl (C=O) groups is 1.